The van der Waals surface area contributed by atoms with Gasteiger partial charge in [-0.25, -0.2) is 5.06 Å². The van der Waals surface area contributed by atoms with Gasteiger partial charge in [-0.1, -0.05) is 12.5 Å². The lowest BCUT2D eigenvalue weighted by Crippen LogP contribution is -2.45. The Bertz CT molecular complexity index is 612. The lowest BCUT2D eigenvalue weighted by molar-refractivity contribution is -0.204. The van der Waals surface area contributed by atoms with Crippen LogP contribution in [-0.2, 0) is 9.63 Å². The SMILES string of the molecule is O=C(c1cccs1)N1CCC2(CCCC2C(=O)N2CCCCO2)C1. The molecule has 6 heteroatoms. The molecule has 0 bridgehead atoms. The number of carbonyl (C=O) groups is 2. The molecule has 4 rings (SSSR count). The summed E-state index contributed by atoms with van der Waals surface area (Å²) in [4.78, 5) is 34.0. The highest BCUT2D eigenvalue weighted by Gasteiger charge is 2.52. The monoisotopic (exact) mass is 348 g/mol. The second-order valence-corrected chi connectivity index (χ2v) is 8.19. The van der Waals surface area contributed by atoms with Crippen LogP contribution in [0.25, 0.3) is 0 Å². The van der Waals surface area contributed by atoms with E-state index in [2.05, 4.69) is 0 Å². The van der Waals surface area contributed by atoms with Crippen molar-refractivity contribution in [1.82, 2.24) is 9.96 Å². The summed E-state index contributed by atoms with van der Waals surface area (Å²) in [5.41, 5.74) is -0.0369. The molecule has 3 fully saturated rings. The minimum atomic E-state index is -0.0369. The summed E-state index contributed by atoms with van der Waals surface area (Å²) in [5.74, 6) is 0.281. The lowest BCUT2D eigenvalue weighted by Gasteiger charge is -2.35. The van der Waals surface area contributed by atoms with Gasteiger partial charge in [0.1, 0.15) is 0 Å². The highest BCUT2D eigenvalue weighted by atomic mass is 32.1. The molecule has 1 aromatic rings. The van der Waals surface area contributed by atoms with E-state index < -0.39 is 0 Å². The molecule has 3 heterocycles. The molecular formula is C18H24N2O3S. The lowest BCUT2D eigenvalue weighted by atomic mass is 9.76. The molecular weight excluding hydrogens is 324 g/mol. The Morgan fingerprint density at radius 2 is 2.12 bits per heavy atom. The number of amides is 2. The van der Waals surface area contributed by atoms with E-state index >= 15 is 0 Å². The summed E-state index contributed by atoms with van der Waals surface area (Å²) in [7, 11) is 0. The van der Waals surface area contributed by atoms with Crippen molar-refractivity contribution in [2.24, 2.45) is 11.3 Å². The van der Waals surface area contributed by atoms with Crippen LogP contribution in [0.5, 0.6) is 0 Å². The molecule has 130 valence electrons. The van der Waals surface area contributed by atoms with E-state index in [0.29, 0.717) is 19.7 Å². The van der Waals surface area contributed by atoms with Gasteiger partial charge in [-0.05, 0) is 43.6 Å². The van der Waals surface area contributed by atoms with Crippen LogP contribution < -0.4 is 0 Å². The molecule has 24 heavy (non-hydrogen) atoms. The molecule has 2 saturated heterocycles. The number of hydroxylamine groups is 2. The van der Waals surface area contributed by atoms with E-state index in [0.717, 1.165) is 49.9 Å². The minimum Gasteiger partial charge on any atom is -0.337 e. The largest absolute Gasteiger partial charge is 0.337 e. The predicted molar refractivity (Wildman–Crippen MR) is 91.5 cm³/mol. The topological polar surface area (TPSA) is 49.9 Å². The first-order valence-corrected chi connectivity index (χ1v) is 9.85. The summed E-state index contributed by atoms with van der Waals surface area (Å²) in [6.45, 7) is 2.84. The molecule has 2 aliphatic heterocycles. The molecule has 0 N–H and O–H groups in total. The molecule has 5 nitrogen and oxygen atoms in total. The van der Waals surface area contributed by atoms with Crippen LogP contribution >= 0.6 is 11.3 Å². The van der Waals surface area contributed by atoms with Crippen molar-refractivity contribution >= 4 is 23.2 Å². The molecule has 0 aromatic carbocycles. The third kappa shape index (κ3) is 2.75. The highest BCUT2D eigenvalue weighted by molar-refractivity contribution is 7.12. The third-order valence-electron chi connectivity index (χ3n) is 5.86. The van der Waals surface area contributed by atoms with Crippen LogP contribution in [-0.4, -0.2) is 48.0 Å². The second kappa shape index (κ2) is 6.48. The van der Waals surface area contributed by atoms with Gasteiger partial charge >= 0.3 is 0 Å². The van der Waals surface area contributed by atoms with E-state index in [1.54, 1.807) is 5.06 Å². The summed E-state index contributed by atoms with van der Waals surface area (Å²) in [5, 5.41) is 3.54. The van der Waals surface area contributed by atoms with Gasteiger partial charge in [-0.2, -0.15) is 0 Å². The van der Waals surface area contributed by atoms with Crippen molar-refractivity contribution in [1.29, 1.82) is 0 Å². The van der Waals surface area contributed by atoms with Crippen molar-refractivity contribution in [2.75, 3.05) is 26.2 Å². The van der Waals surface area contributed by atoms with Crippen molar-refractivity contribution < 1.29 is 14.4 Å². The first-order chi connectivity index (χ1) is 11.7. The molecule has 2 amide bonds. The van der Waals surface area contributed by atoms with Crippen LogP contribution in [0, 0.1) is 11.3 Å². The number of nitrogens with zero attached hydrogens (tertiary/aromatic N) is 2. The van der Waals surface area contributed by atoms with Crippen molar-refractivity contribution in [3.8, 4) is 0 Å². The first kappa shape index (κ1) is 16.1. The van der Waals surface area contributed by atoms with E-state index in [1.165, 1.54) is 11.3 Å². The average molecular weight is 348 g/mol. The number of rotatable bonds is 2. The van der Waals surface area contributed by atoms with Gasteiger partial charge < -0.3 is 4.90 Å². The fraction of sp³-hybridized carbons (Fsp3) is 0.667. The van der Waals surface area contributed by atoms with Crippen molar-refractivity contribution in [3.05, 3.63) is 22.4 Å². The Morgan fingerprint density at radius 3 is 2.88 bits per heavy atom. The molecule has 1 aromatic heterocycles. The third-order valence-corrected chi connectivity index (χ3v) is 6.72. The molecule has 2 atom stereocenters. The first-order valence-electron chi connectivity index (χ1n) is 8.97. The van der Waals surface area contributed by atoms with Crippen LogP contribution in [0.4, 0.5) is 0 Å². The van der Waals surface area contributed by atoms with E-state index in [9.17, 15) is 9.59 Å². The summed E-state index contributed by atoms with van der Waals surface area (Å²) >= 11 is 1.49. The Balaban J connectivity index is 1.48. The summed E-state index contributed by atoms with van der Waals surface area (Å²) < 4.78 is 0. The fourth-order valence-electron chi connectivity index (χ4n) is 4.58. The number of likely N-dealkylation sites (tertiary alicyclic amines) is 1. The smallest absolute Gasteiger partial charge is 0.263 e. The minimum absolute atomic E-state index is 0.0109. The number of carbonyl (C=O) groups excluding carboxylic acids is 2. The zero-order valence-electron chi connectivity index (χ0n) is 13.9. The zero-order chi connectivity index (χ0) is 16.6. The van der Waals surface area contributed by atoms with Crippen molar-refractivity contribution in [3.63, 3.8) is 0 Å². The van der Waals surface area contributed by atoms with Crippen LogP contribution in [0.1, 0.15) is 48.2 Å². The van der Waals surface area contributed by atoms with Gasteiger partial charge in [0.15, 0.2) is 0 Å². The average Bonchev–Trinajstić information content (AvgIpc) is 3.37. The normalized spacial score (nSPS) is 30.2. The Hall–Kier alpha value is -1.40. The Morgan fingerprint density at radius 1 is 1.21 bits per heavy atom. The molecule has 1 spiro atoms. The zero-order valence-corrected chi connectivity index (χ0v) is 14.7. The second-order valence-electron chi connectivity index (χ2n) is 7.24. The molecule has 1 saturated carbocycles. The summed E-state index contributed by atoms with van der Waals surface area (Å²) in [6, 6.07) is 3.80. The van der Waals surface area contributed by atoms with Gasteiger partial charge in [0.2, 0.25) is 5.91 Å². The van der Waals surface area contributed by atoms with E-state index in [4.69, 9.17) is 4.84 Å². The molecule has 0 radical (unpaired) electrons. The summed E-state index contributed by atoms with van der Waals surface area (Å²) in [6.07, 6.45) is 6.04. The maximum atomic E-state index is 13.0. The van der Waals surface area contributed by atoms with Gasteiger partial charge in [0.25, 0.3) is 5.91 Å². The maximum Gasteiger partial charge on any atom is 0.263 e. The maximum absolute atomic E-state index is 13.0. The van der Waals surface area contributed by atoms with E-state index in [1.807, 2.05) is 22.4 Å². The van der Waals surface area contributed by atoms with Crippen LogP contribution in [0.2, 0.25) is 0 Å². The molecule has 2 unspecified atom stereocenters. The number of hydrogen-bond acceptors (Lipinski definition) is 4. The quantitative estimate of drug-likeness (QED) is 0.826. The fourth-order valence-corrected chi connectivity index (χ4v) is 5.27. The molecule has 1 aliphatic carbocycles. The number of hydrogen-bond donors (Lipinski definition) is 0. The standard InChI is InChI=1S/C18H24N2O3S/c21-16(20-9-1-2-11-23-20)14-5-3-7-18(14)8-10-19(13-18)17(22)15-6-4-12-24-15/h4,6,12,14H,1-3,5,7-11,13H2. The van der Waals surface area contributed by atoms with E-state index in [-0.39, 0.29) is 23.1 Å². The predicted octanol–water partition coefficient (Wildman–Crippen LogP) is 2.93. The van der Waals surface area contributed by atoms with Gasteiger partial charge in [-0.3, -0.25) is 14.4 Å². The van der Waals surface area contributed by atoms with Crippen LogP contribution in [0.3, 0.4) is 0 Å². The van der Waals surface area contributed by atoms with Crippen molar-refractivity contribution in [2.45, 2.75) is 38.5 Å². The van der Waals surface area contributed by atoms with Gasteiger partial charge in [-0.15, -0.1) is 11.3 Å². The van der Waals surface area contributed by atoms with Gasteiger partial charge in [0, 0.05) is 31.0 Å². The van der Waals surface area contributed by atoms with Gasteiger partial charge in [0.05, 0.1) is 11.5 Å². The number of thiophene rings is 1. The van der Waals surface area contributed by atoms with Crippen LogP contribution in [0.15, 0.2) is 17.5 Å². The molecule has 3 aliphatic rings. The Kier molecular flexibility index (Phi) is 4.35. The highest BCUT2D eigenvalue weighted by Crippen LogP contribution is 2.50. The Labute approximate surface area is 146 Å².